The van der Waals surface area contributed by atoms with Crippen LogP contribution in [0.25, 0.3) is 0 Å². The van der Waals surface area contributed by atoms with Gasteiger partial charge in [-0.15, -0.1) is 0 Å². The minimum atomic E-state index is -3.82. The van der Waals surface area contributed by atoms with Crippen LogP contribution in [0.1, 0.15) is 20.8 Å². The van der Waals surface area contributed by atoms with Gasteiger partial charge in [-0.25, -0.2) is 12.8 Å². The van der Waals surface area contributed by atoms with Crippen molar-refractivity contribution in [2.24, 2.45) is 5.92 Å². The first-order valence-corrected chi connectivity index (χ1v) is 8.97. The monoisotopic (exact) mass is 350 g/mol. The third-order valence-electron chi connectivity index (χ3n) is 3.25. The molecule has 0 radical (unpaired) electrons. The van der Waals surface area contributed by atoms with E-state index in [-0.39, 0.29) is 22.7 Å². The standard InChI is InChI=1S/C14H20ClFN2O3S/c1-9(2)10(3)17-14(19)8-18(22(4,20)21)13-6-5-11(15)7-12(13)16/h5-7,9-10H,8H2,1-4H3,(H,17,19)/t10-/m1/s1. The molecule has 1 rings (SSSR count). The average molecular weight is 351 g/mol. The van der Waals surface area contributed by atoms with E-state index in [4.69, 9.17) is 11.6 Å². The zero-order valence-electron chi connectivity index (χ0n) is 12.9. The number of sulfonamides is 1. The minimum Gasteiger partial charge on any atom is -0.352 e. The molecule has 8 heteroatoms. The van der Waals surface area contributed by atoms with E-state index in [9.17, 15) is 17.6 Å². The molecule has 0 aromatic heterocycles. The van der Waals surface area contributed by atoms with E-state index < -0.39 is 28.3 Å². The highest BCUT2D eigenvalue weighted by Crippen LogP contribution is 2.24. The zero-order valence-corrected chi connectivity index (χ0v) is 14.5. The molecule has 1 N–H and O–H groups in total. The van der Waals surface area contributed by atoms with Gasteiger partial charge in [0.15, 0.2) is 0 Å². The summed E-state index contributed by atoms with van der Waals surface area (Å²) in [6, 6.07) is 3.48. The van der Waals surface area contributed by atoms with Gasteiger partial charge in [-0.3, -0.25) is 9.10 Å². The van der Waals surface area contributed by atoms with Crippen LogP contribution in [0.15, 0.2) is 18.2 Å². The van der Waals surface area contributed by atoms with Gasteiger partial charge in [0.25, 0.3) is 0 Å². The van der Waals surface area contributed by atoms with E-state index in [2.05, 4.69) is 5.32 Å². The molecule has 0 bridgehead atoms. The Hall–Kier alpha value is -1.34. The third kappa shape index (κ3) is 5.14. The second-order valence-corrected chi connectivity index (χ2v) is 7.81. The molecular weight excluding hydrogens is 331 g/mol. The first kappa shape index (κ1) is 18.7. The first-order valence-electron chi connectivity index (χ1n) is 6.74. The van der Waals surface area contributed by atoms with Gasteiger partial charge in [-0.05, 0) is 31.0 Å². The molecule has 124 valence electrons. The molecule has 5 nitrogen and oxygen atoms in total. The van der Waals surface area contributed by atoms with Crippen LogP contribution >= 0.6 is 11.6 Å². The molecule has 0 spiro atoms. The van der Waals surface area contributed by atoms with Gasteiger partial charge in [0, 0.05) is 11.1 Å². The van der Waals surface area contributed by atoms with E-state index in [1.807, 2.05) is 20.8 Å². The maximum Gasteiger partial charge on any atom is 0.240 e. The Bertz CT molecular complexity index is 649. The molecule has 1 atom stereocenters. The fourth-order valence-electron chi connectivity index (χ4n) is 1.66. The summed E-state index contributed by atoms with van der Waals surface area (Å²) in [7, 11) is -3.82. The van der Waals surface area contributed by atoms with Crippen LogP contribution in [0.3, 0.4) is 0 Å². The molecule has 0 aliphatic carbocycles. The van der Waals surface area contributed by atoms with Crippen molar-refractivity contribution in [2.45, 2.75) is 26.8 Å². The molecule has 0 unspecified atom stereocenters. The average Bonchev–Trinajstić information content (AvgIpc) is 2.35. The third-order valence-corrected chi connectivity index (χ3v) is 4.62. The highest BCUT2D eigenvalue weighted by Gasteiger charge is 2.24. The van der Waals surface area contributed by atoms with Crippen molar-refractivity contribution in [3.63, 3.8) is 0 Å². The SMILES string of the molecule is CC(C)[C@@H](C)NC(=O)CN(c1ccc(Cl)cc1F)S(C)(=O)=O. The fourth-order valence-corrected chi connectivity index (χ4v) is 2.68. The first-order chi connectivity index (χ1) is 10.0. The predicted molar refractivity (Wildman–Crippen MR) is 86.0 cm³/mol. The molecule has 0 aliphatic rings. The lowest BCUT2D eigenvalue weighted by Crippen LogP contribution is -2.44. The van der Waals surface area contributed by atoms with Gasteiger partial charge in [0.05, 0.1) is 11.9 Å². The van der Waals surface area contributed by atoms with E-state index in [0.29, 0.717) is 0 Å². The van der Waals surface area contributed by atoms with Crippen molar-refractivity contribution in [3.05, 3.63) is 29.0 Å². The number of halogens is 2. The van der Waals surface area contributed by atoms with Gasteiger partial charge in [0.1, 0.15) is 12.4 Å². The number of rotatable bonds is 6. The van der Waals surface area contributed by atoms with Crippen molar-refractivity contribution >= 4 is 33.2 Å². The number of carbonyl (C=O) groups excluding carboxylic acids is 1. The van der Waals surface area contributed by atoms with E-state index in [0.717, 1.165) is 16.6 Å². The Morgan fingerprint density at radius 1 is 1.36 bits per heavy atom. The van der Waals surface area contributed by atoms with Crippen molar-refractivity contribution in [2.75, 3.05) is 17.1 Å². The number of amides is 1. The van der Waals surface area contributed by atoms with E-state index in [1.54, 1.807) is 0 Å². The van der Waals surface area contributed by atoms with Crippen molar-refractivity contribution in [1.29, 1.82) is 0 Å². The summed E-state index contributed by atoms with van der Waals surface area (Å²) in [6.07, 6.45) is 0.917. The summed E-state index contributed by atoms with van der Waals surface area (Å²) in [4.78, 5) is 12.0. The molecule has 0 saturated heterocycles. The summed E-state index contributed by atoms with van der Waals surface area (Å²) in [5.74, 6) is -1.11. The van der Waals surface area contributed by atoms with Crippen LogP contribution in [0.4, 0.5) is 10.1 Å². The lowest BCUT2D eigenvalue weighted by atomic mass is 10.1. The zero-order chi connectivity index (χ0) is 17.1. The quantitative estimate of drug-likeness (QED) is 0.856. The maximum atomic E-state index is 13.9. The Kier molecular flexibility index (Phi) is 6.19. The summed E-state index contributed by atoms with van der Waals surface area (Å²) < 4.78 is 38.4. The van der Waals surface area contributed by atoms with Crippen LogP contribution < -0.4 is 9.62 Å². The number of nitrogens with one attached hydrogen (secondary N) is 1. The molecule has 0 aliphatic heterocycles. The van der Waals surface area contributed by atoms with Gasteiger partial charge in [-0.1, -0.05) is 25.4 Å². The number of hydrogen-bond donors (Lipinski definition) is 1. The summed E-state index contributed by atoms with van der Waals surface area (Å²) >= 11 is 5.66. The Labute approximate surface area is 135 Å². The molecule has 0 saturated carbocycles. The smallest absolute Gasteiger partial charge is 0.240 e. The number of anilines is 1. The number of nitrogens with zero attached hydrogens (tertiary/aromatic N) is 1. The van der Waals surface area contributed by atoms with Gasteiger partial charge < -0.3 is 5.32 Å². The second kappa shape index (κ2) is 7.28. The van der Waals surface area contributed by atoms with E-state index in [1.165, 1.54) is 12.1 Å². The van der Waals surface area contributed by atoms with Crippen LogP contribution in [-0.2, 0) is 14.8 Å². The molecule has 1 aromatic rings. The van der Waals surface area contributed by atoms with Crippen molar-refractivity contribution in [1.82, 2.24) is 5.32 Å². The maximum absolute atomic E-state index is 13.9. The predicted octanol–water partition coefficient (Wildman–Crippen LogP) is 2.41. The number of hydrogen-bond acceptors (Lipinski definition) is 3. The summed E-state index contributed by atoms with van der Waals surface area (Å²) in [6.45, 7) is 5.18. The van der Waals surface area contributed by atoms with Crippen LogP contribution in [-0.4, -0.2) is 33.2 Å². The topological polar surface area (TPSA) is 66.5 Å². The highest BCUT2D eigenvalue weighted by molar-refractivity contribution is 7.92. The Morgan fingerprint density at radius 3 is 2.41 bits per heavy atom. The molecular formula is C14H20ClFN2O3S. The lowest BCUT2D eigenvalue weighted by molar-refractivity contribution is -0.120. The molecule has 22 heavy (non-hydrogen) atoms. The normalized spacial score (nSPS) is 13.0. The second-order valence-electron chi connectivity index (χ2n) is 5.47. The van der Waals surface area contributed by atoms with Crippen LogP contribution in [0.5, 0.6) is 0 Å². The number of carbonyl (C=O) groups is 1. The van der Waals surface area contributed by atoms with Crippen LogP contribution in [0.2, 0.25) is 5.02 Å². The highest BCUT2D eigenvalue weighted by atomic mass is 35.5. The molecule has 1 amide bonds. The molecule has 0 heterocycles. The molecule has 1 aromatic carbocycles. The van der Waals surface area contributed by atoms with Gasteiger partial charge in [-0.2, -0.15) is 0 Å². The Balaban J connectivity index is 3.03. The van der Waals surface area contributed by atoms with Crippen molar-refractivity contribution < 1.29 is 17.6 Å². The summed E-state index contributed by atoms with van der Waals surface area (Å²) in [5.41, 5.74) is -0.209. The van der Waals surface area contributed by atoms with Crippen LogP contribution in [0, 0.1) is 11.7 Å². The largest absolute Gasteiger partial charge is 0.352 e. The van der Waals surface area contributed by atoms with Crippen molar-refractivity contribution in [3.8, 4) is 0 Å². The van der Waals surface area contributed by atoms with Gasteiger partial charge in [0.2, 0.25) is 15.9 Å². The lowest BCUT2D eigenvalue weighted by Gasteiger charge is -2.24. The van der Waals surface area contributed by atoms with Gasteiger partial charge >= 0.3 is 0 Å². The number of benzene rings is 1. The molecule has 0 fully saturated rings. The Morgan fingerprint density at radius 2 is 1.95 bits per heavy atom. The van der Waals surface area contributed by atoms with E-state index >= 15 is 0 Å². The minimum absolute atomic E-state index is 0.121. The summed E-state index contributed by atoms with van der Waals surface area (Å²) in [5, 5.41) is 2.83. The fraction of sp³-hybridized carbons (Fsp3) is 0.500.